The van der Waals surface area contributed by atoms with Crippen molar-refractivity contribution in [2.75, 3.05) is 33.9 Å². The molecule has 0 saturated heterocycles. The fourth-order valence-corrected chi connectivity index (χ4v) is 1.60. The molecule has 0 radical (unpaired) electrons. The number of nitrogens with one attached hydrogen (secondary N) is 1. The van der Waals surface area contributed by atoms with Crippen LogP contribution in [0.3, 0.4) is 0 Å². The first-order valence-electron chi connectivity index (χ1n) is 5.51. The van der Waals surface area contributed by atoms with E-state index in [4.69, 9.17) is 17.0 Å². The highest BCUT2D eigenvalue weighted by atomic mass is 32.1. The largest absolute Gasteiger partial charge is 0.378 e. The molecular weight excluding hydrogens is 224 g/mol. The average Bonchev–Trinajstić information content (AvgIpc) is 2.59. The van der Waals surface area contributed by atoms with Crippen molar-refractivity contribution < 1.29 is 4.74 Å². The van der Waals surface area contributed by atoms with E-state index in [2.05, 4.69) is 22.0 Å². The first-order chi connectivity index (χ1) is 7.65. The fourth-order valence-electron chi connectivity index (χ4n) is 1.36. The SMILES string of the molecule is CCc1n[nH]c(=S)n1CCOCCN(C)C. The third-order valence-electron chi connectivity index (χ3n) is 2.30. The van der Waals surface area contributed by atoms with Crippen LogP contribution in [-0.2, 0) is 17.7 Å². The summed E-state index contributed by atoms with van der Waals surface area (Å²) in [4.78, 5) is 2.10. The second kappa shape index (κ2) is 6.78. The molecule has 0 fully saturated rings. The molecule has 16 heavy (non-hydrogen) atoms. The molecule has 1 heterocycles. The third kappa shape index (κ3) is 4.03. The first-order valence-corrected chi connectivity index (χ1v) is 5.92. The monoisotopic (exact) mass is 244 g/mol. The number of aryl methyl sites for hydroxylation is 1. The summed E-state index contributed by atoms with van der Waals surface area (Å²) in [5, 5.41) is 6.94. The minimum atomic E-state index is 0.674. The van der Waals surface area contributed by atoms with Crippen molar-refractivity contribution in [1.82, 2.24) is 19.7 Å². The van der Waals surface area contributed by atoms with Crippen LogP contribution < -0.4 is 0 Å². The van der Waals surface area contributed by atoms with Gasteiger partial charge in [-0.3, -0.25) is 5.10 Å². The van der Waals surface area contributed by atoms with Gasteiger partial charge in [-0.2, -0.15) is 5.10 Å². The number of likely N-dealkylation sites (N-methyl/N-ethyl adjacent to an activating group) is 1. The van der Waals surface area contributed by atoms with E-state index in [-0.39, 0.29) is 0 Å². The Kier molecular flexibility index (Phi) is 5.65. The molecule has 0 aliphatic rings. The van der Waals surface area contributed by atoms with E-state index in [1.54, 1.807) is 0 Å². The molecule has 0 aromatic carbocycles. The van der Waals surface area contributed by atoms with Crippen molar-refractivity contribution in [3.8, 4) is 0 Å². The quantitative estimate of drug-likeness (QED) is 0.576. The van der Waals surface area contributed by atoms with Crippen LogP contribution in [-0.4, -0.2) is 53.5 Å². The van der Waals surface area contributed by atoms with Gasteiger partial charge in [0.1, 0.15) is 5.82 Å². The number of H-pyrrole nitrogens is 1. The van der Waals surface area contributed by atoms with Crippen LogP contribution in [0.2, 0.25) is 0 Å². The maximum absolute atomic E-state index is 5.52. The van der Waals surface area contributed by atoms with E-state index in [1.165, 1.54) is 0 Å². The second-order valence-electron chi connectivity index (χ2n) is 3.87. The number of ether oxygens (including phenoxy) is 1. The predicted octanol–water partition coefficient (Wildman–Crippen LogP) is 1.08. The van der Waals surface area contributed by atoms with Gasteiger partial charge in [-0.15, -0.1) is 0 Å². The van der Waals surface area contributed by atoms with Crippen LogP contribution in [0.1, 0.15) is 12.7 Å². The van der Waals surface area contributed by atoms with Gasteiger partial charge in [0.25, 0.3) is 0 Å². The summed E-state index contributed by atoms with van der Waals surface area (Å²) < 4.78 is 8.19. The molecule has 0 saturated carbocycles. The van der Waals surface area contributed by atoms with E-state index < -0.39 is 0 Å². The number of hydrogen-bond acceptors (Lipinski definition) is 4. The molecule has 92 valence electrons. The van der Waals surface area contributed by atoms with Crippen LogP contribution in [0.25, 0.3) is 0 Å². The third-order valence-corrected chi connectivity index (χ3v) is 2.61. The summed E-state index contributed by atoms with van der Waals surface area (Å²) in [5.41, 5.74) is 0. The molecule has 1 rings (SSSR count). The molecule has 6 heteroatoms. The lowest BCUT2D eigenvalue weighted by Gasteiger charge is -2.10. The summed E-state index contributed by atoms with van der Waals surface area (Å²) in [5.74, 6) is 0.987. The van der Waals surface area contributed by atoms with E-state index >= 15 is 0 Å². The first kappa shape index (κ1) is 13.3. The van der Waals surface area contributed by atoms with Gasteiger partial charge < -0.3 is 14.2 Å². The second-order valence-corrected chi connectivity index (χ2v) is 4.25. The maximum atomic E-state index is 5.52. The smallest absolute Gasteiger partial charge is 0.195 e. The van der Waals surface area contributed by atoms with Crippen LogP contribution in [0.4, 0.5) is 0 Å². The molecule has 0 unspecified atom stereocenters. The Labute approximate surface area is 101 Å². The molecule has 5 nitrogen and oxygen atoms in total. The van der Waals surface area contributed by atoms with E-state index in [0.29, 0.717) is 11.4 Å². The van der Waals surface area contributed by atoms with E-state index in [9.17, 15) is 0 Å². The number of aromatic nitrogens is 3. The molecule has 1 aromatic rings. The number of rotatable bonds is 7. The Morgan fingerprint density at radius 3 is 2.81 bits per heavy atom. The highest BCUT2D eigenvalue weighted by Gasteiger charge is 2.02. The Morgan fingerprint density at radius 1 is 1.44 bits per heavy atom. The van der Waals surface area contributed by atoms with Gasteiger partial charge in [-0.1, -0.05) is 6.92 Å². The van der Waals surface area contributed by atoms with Crippen LogP contribution in [0.15, 0.2) is 0 Å². The molecule has 1 aromatic heterocycles. The fraction of sp³-hybridized carbons (Fsp3) is 0.800. The average molecular weight is 244 g/mol. The molecule has 0 aliphatic heterocycles. The molecule has 1 N–H and O–H groups in total. The van der Waals surface area contributed by atoms with Gasteiger partial charge in [-0.25, -0.2) is 0 Å². The van der Waals surface area contributed by atoms with Gasteiger partial charge >= 0.3 is 0 Å². The maximum Gasteiger partial charge on any atom is 0.195 e. The minimum absolute atomic E-state index is 0.674. The van der Waals surface area contributed by atoms with Gasteiger partial charge in [-0.05, 0) is 26.3 Å². The highest BCUT2D eigenvalue weighted by Crippen LogP contribution is 1.98. The van der Waals surface area contributed by atoms with Crippen LogP contribution >= 0.6 is 12.2 Å². The Morgan fingerprint density at radius 2 is 2.19 bits per heavy atom. The normalized spacial score (nSPS) is 11.2. The summed E-state index contributed by atoms with van der Waals surface area (Å²) in [7, 11) is 4.06. The van der Waals surface area contributed by atoms with Crippen molar-refractivity contribution >= 4 is 12.2 Å². The lowest BCUT2D eigenvalue weighted by Crippen LogP contribution is -2.19. The lowest BCUT2D eigenvalue weighted by atomic mass is 10.4. The van der Waals surface area contributed by atoms with Crippen molar-refractivity contribution in [2.24, 2.45) is 0 Å². The van der Waals surface area contributed by atoms with Gasteiger partial charge in [0.05, 0.1) is 13.2 Å². The summed E-state index contributed by atoms with van der Waals surface area (Å²) in [6.07, 6.45) is 0.880. The molecule has 0 aliphatic carbocycles. The number of nitrogens with zero attached hydrogens (tertiary/aromatic N) is 3. The predicted molar refractivity (Wildman–Crippen MR) is 66.2 cm³/mol. The topological polar surface area (TPSA) is 46.1 Å². The molecule has 0 atom stereocenters. The number of hydrogen-bond donors (Lipinski definition) is 1. The van der Waals surface area contributed by atoms with Crippen molar-refractivity contribution in [3.63, 3.8) is 0 Å². The lowest BCUT2D eigenvalue weighted by molar-refractivity contribution is 0.110. The Balaban J connectivity index is 2.31. The van der Waals surface area contributed by atoms with Crippen LogP contribution in [0, 0.1) is 4.77 Å². The van der Waals surface area contributed by atoms with Gasteiger partial charge in [0.2, 0.25) is 0 Å². The molecule has 0 bridgehead atoms. The van der Waals surface area contributed by atoms with Gasteiger partial charge in [0.15, 0.2) is 4.77 Å². The summed E-state index contributed by atoms with van der Waals surface area (Å²) in [6.45, 7) is 5.20. The van der Waals surface area contributed by atoms with Crippen molar-refractivity contribution in [2.45, 2.75) is 19.9 Å². The van der Waals surface area contributed by atoms with Crippen molar-refractivity contribution in [1.29, 1.82) is 0 Å². The van der Waals surface area contributed by atoms with E-state index in [1.807, 2.05) is 18.7 Å². The number of aromatic amines is 1. The zero-order valence-electron chi connectivity index (χ0n) is 10.2. The Hall–Kier alpha value is -0.720. The van der Waals surface area contributed by atoms with E-state index in [0.717, 1.165) is 31.9 Å². The Bertz CT molecular complexity index is 358. The molecule has 0 spiro atoms. The summed E-state index contributed by atoms with van der Waals surface area (Å²) >= 11 is 5.14. The minimum Gasteiger partial charge on any atom is -0.378 e. The van der Waals surface area contributed by atoms with Crippen molar-refractivity contribution in [3.05, 3.63) is 10.6 Å². The molecular formula is C10H20N4OS. The highest BCUT2D eigenvalue weighted by molar-refractivity contribution is 7.71. The standard InChI is InChI=1S/C10H20N4OS/c1-4-9-11-12-10(16)14(9)6-8-15-7-5-13(2)3/h4-8H2,1-3H3,(H,12,16). The summed E-state index contributed by atoms with van der Waals surface area (Å²) in [6, 6.07) is 0. The zero-order chi connectivity index (χ0) is 12.0. The zero-order valence-corrected chi connectivity index (χ0v) is 11.0. The molecule has 0 amide bonds. The van der Waals surface area contributed by atoms with Crippen LogP contribution in [0.5, 0.6) is 0 Å². The van der Waals surface area contributed by atoms with Gasteiger partial charge in [0, 0.05) is 19.5 Å².